The molecule has 2 heterocycles. The molecule has 0 saturated heterocycles. The Morgan fingerprint density at radius 2 is 0.579 bits per heavy atom. The van der Waals surface area contributed by atoms with E-state index in [0.717, 1.165) is 121 Å². The minimum Gasteiger partial charge on any atom is -0.390 e. The molecule has 10 rings (SSSR count). The zero-order valence-corrected chi connectivity index (χ0v) is 50.4. The molecular formula is C68H76O6P2. The van der Waals surface area contributed by atoms with Crippen LogP contribution < -0.4 is 9.05 Å². The van der Waals surface area contributed by atoms with E-state index in [2.05, 4.69) is 236 Å². The van der Waals surface area contributed by atoms with E-state index in [1.807, 2.05) is 0 Å². The first-order chi connectivity index (χ1) is 35.5. The van der Waals surface area contributed by atoms with Crippen LogP contribution in [0.2, 0.25) is 0 Å². The van der Waals surface area contributed by atoms with Crippen molar-refractivity contribution < 1.29 is 25.8 Å². The minimum atomic E-state index is -2.14. The molecule has 0 bridgehead atoms. The van der Waals surface area contributed by atoms with Crippen molar-refractivity contribution in [1.29, 1.82) is 0 Å². The zero-order valence-electron chi connectivity index (χ0n) is 48.6. The molecule has 0 saturated carbocycles. The molecule has 394 valence electrons. The summed E-state index contributed by atoms with van der Waals surface area (Å²) in [5.74, 6) is 1.21. The summed E-state index contributed by atoms with van der Waals surface area (Å²) < 4.78 is 44.5. The Morgan fingerprint density at radius 3 is 0.829 bits per heavy atom. The van der Waals surface area contributed by atoms with Crippen LogP contribution >= 0.6 is 16.5 Å². The lowest BCUT2D eigenvalue weighted by Gasteiger charge is -2.23. The second-order valence-electron chi connectivity index (χ2n) is 25.6. The van der Waals surface area contributed by atoms with Gasteiger partial charge in [0.05, 0.1) is 0 Å². The van der Waals surface area contributed by atoms with Crippen LogP contribution in [0.3, 0.4) is 0 Å². The van der Waals surface area contributed by atoms with E-state index in [1.165, 1.54) is 22.3 Å². The van der Waals surface area contributed by atoms with Crippen LogP contribution in [-0.4, -0.2) is 0 Å². The predicted molar refractivity (Wildman–Crippen MR) is 324 cm³/mol. The minimum absolute atomic E-state index is 0.261. The highest BCUT2D eigenvalue weighted by Crippen LogP contribution is 2.53. The lowest BCUT2D eigenvalue weighted by Crippen LogP contribution is -2.13. The molecule has 0 N–H and O–H groups in total. The maximum Gasteiger partial charge on any atom is 0.453 e. The Morgan fingerprint density at radius 1 is 0.329 bits per heavy atom. The number of hydrogen-bond acceptors (Lipinski definition) is 6. The van der Waals surface area contributed by atoms with Gasteiger partial charge in [-0.1, -0.05) is 168 Å². The van der Waals surface area contributed by atoms with E-state index in [0.29, 0.717) is 11.5 Å². The van der Waals surface area contributed by atoms with Crippen molar-refractivity contribution >= 4 is 81.9 Å². The van der Waals surface area contributed by atoms with Crippen molar-refractivity contribution in [2.24, 2.45) is 0 Å². The van der Waals surface area contributed by atoms with E-state index in [1.54, 1.807) is 0 Å². The average molecular weight is 1050 g/mol. The molecule has 0 aliphatic rings. The SMILES string of the molecule is Cc1cc(C(C)(C)C)c2op(Oc3ccc4ccccc4c3-c3c(Op4oc5c(C(C)(C)C)cc(C)c(C)c5c5c(C)c(C)cc(C(C)(C)C)c5o4)ccc4ccccc34)oc3c(C(C)(C)C)cc(C)c(C)c3c2c1C. The Bertz CT molecular complexity index is 3680. The van der Waals surface area contributed by atoms with E-state index in [9.17, 15) is 0 Å². The van der Waals surface area contributed by atoms with Crippen molar-refractivity contribution in [2.75, 3.05) is 0 Å². The van der Waals surface area contributed by atoms with Gasteiger partial charge in [-0.05, 0) is 155 Å². The molecule has 8 aromatic carbocycles. The molecule has 76 heavy (non-hydrogen) atoms. The van der Waals surface area contributed by atoms with Crippen molar-refractivity contribution in [1.82, 2.24) is 0 Å². The molecule has 0 radical (unpaired) electrons. The lowest BCUT2D eigenvalue weighted by atomic mass is 9.81. The van der Waals surface area contributed by atoms with Crippen LogP contribution in [0.25, 0.3) is 76.5 Å². The van der Waals surface area contributed by atoms with Gasteiger partial charge in [0.15, 0.2) is 0 Å². The second kappa shape index (κ2) is 18.7. The topological polar surface area (TPSA) is 71.0 Å². The fraction of sp³-hybridized carbons (Fsp3) is 0.353. The molecule has 0 atom stereocenters. The summed E-state index contributed by atoms with van der Waals surface area (Å²) in [7, 11) is -4.28. The highest BCUT2D eigenvalue weighted by atomic mass is 31.1. The van der Waals surface area contributed by atoms with Gasteiger partial charge < -0.3 is 25.8 Å². The first-order valence-electron chi connectivity index (χ1n) is 26.9. The number of hydrogen-bond donors (Lipinski definition) is 0. The molecule has 10 aromatic rings. The molecule has 0 amide bonds. The smallest absolute Gasteiger partial charge is 0.390 e. The van der Waals surface area contributed by atoms with Gasteiger partial charge in [-0.15, -0.1) is 0 Å². The summed E-state index contributed by atoms with van der Waals surface area (Å²) in [6.07, 6.45) is 0. The van der Waals surface area contributed by atoms with Gasteiger partial charge in [0.1, 0.15) is 33.8 Å². The summed E-state index contributed by atoms with van der Waals surface area (Å²) in [6.45, 7) is 44.7. The van der Waals surface area contributed by atoms with Crippen molar-refractivity contribution in [3.63, 3.8) is 0 Å². The highest BCUT2D eigenvalue weighted by molar-refractivity contribution is 7.32. The average Bonchev–Trinajstić information content (AvgIpc) is 3.66. The number of benzene rings is 8. The van der Waals surface area contributed by atoms with Gasteiger partial charge >= 0.3 is 16.5 Å². The Kier molecular flexibility index (Phi) is 13.1. The Hall–Kier alpha value is -6.32. The van der Waals surface area contributed by atoms with Gasteiger partial charge in [0.25, 0.3) is 0 Å². The lowest BCUT2D eigenvalue weighted by molar-refractivity contribution is 0.485. The van der Waals surface area contributed by atoms with Crippen LogP contribution in [0.4, 0.5) is 0 Å². The van der Waals surface area contributed by atoms with E-state index in [4.69, 9.17) is 25.8 Å². The van der Waals surface area contributed by atoms with Crippen molar-refractivity contribution in [3.05, 3.63) is 164 Å². The summed E-state index contributed by atoms with van der Waals surface area (Å²) >= 11 is 0. The van der Waals surface area contributed by atoms with E-state index < -0.39 is 16.5 Å². The third kappa shape index (κ3) is 9.12. The second-order valence-corrected chi connectivity index (χ2v) is 27.6. The zero-order chi connectivity index (χ0) is 54.9. The van der Waals surface area contributed by atoms with E-state index in [-0.39, 0.29) is 21.7 Å². The number of rotatable bonds is 5. The number of aryl methyl sites for hydroxylation is 8. The highest BCUT2D eigenvalue weighted by Gasteiger charge is 2.31. The van der Waals surface area contributed by atoms with Crippen molar-refractivity contribution in [3.8, 4) is 22.6 Å². The maximum atomic E-state index is 7.49. The molecule has 8 heteroatoms. The predicted octanol–water partition coefficient (Wildman–Crippen LogP) is 22.2. The summed E-state index contributed by atoms with van der Waals surface area (Å²) in [5, 5.41) is 8.35. The molecule has 0 aliphatic carbocycles. The molecule has 2 aromatic heterocycles. The molecule has 0 unspecified atom stereocenters. The summed E-state index contributed by atoms with van der Waals surface area (Å²) in [5.41, 5.74) is 17.8. The first kappa shape index (κ1) is 53.1. The third-order valence-electron chi connectivity index (χ3n) is 16.0. The normalized spacial score (nSPS) is 12.7. The van der Waals surface area contributed by atoms with Crippen LogP contribution in [0.5, 0.6) is 11.5 Å². The van der Waals surface area contributed by atoms with Crippen LogP contribution in [0, 0.1) is 55.4 Å². The van der Waals surface area contributed by atoms with Gasteiger partial charge in [0.2, 0.25) is 0 Å². The molecule has 0 aliphatic heterocycles. The van der Waals surface area contributed by atoms with Crippen LogP contribution in [0.1, 0.15) is 150 Å². The fourth-order valence-corrected chi connectivity index (χ4v) is 13.3. The fourth-order valence-electron chi connectivity index (χ4n) is 11.1. The van der Waals surface area contributed by atoms with E-state index >= 15 is 0 Å². The first-order valence-corrected chi connectivity index (χ1v) is 29.0. The van der Waals surface area contributed by atoms with Gasteiger partial charge in [0, 0.05) is 54.9 Å². The quantitative estimate of drug-likeness (QED) is 0.171. The standard InChI is InChI=1S/C68H76O6P2/c1-37-33-49(65(9,10)11)61-55(41(37)5)56-42(6)38(2)34-50(66(12,13)14)62(56)72-75(71-61)69-53-31-29-45-25-21-23-27-47(45)59(53)60-48-28-24-22-26-46(48)30-32-54(60)70-76-73-63-51(67(15,16)17)35-39(3)43(7)57(63)58-44(8)40(4)36-52(64(58)74-76)68(18,19)20/h21-36H,1-20H3. The third-order valence-corrected chi connectivity index (χ3v) is 18.0. The van der Waals surface area contributed by atoms with Gasteiger partial charge in [-0.3, -0.25) is 0 Å². The monoisotopic (exact) mass is 1050 g/mol. The molecule has 6 nitrogen and oxygen atoms in total. The molecular weight excluding hydrogens is 975 g/mol. The molecule has 0 fully saturated rings. The van der Waals surface area contributed by atoms with Crippen molar-refractivity contribution in [2.45, 2.75) is 160 Å². The summed E-state index contributed by atoms with van der Waals surface area (Å²) in [4.78, 5) is 0. The van der Waals surface area contributed by atoms with Crippen LogP contribution in [0.15, 0.2) is 114 Å². The number of fused-ring (bicyclic) bond motifs is 8. The Labute approximate surface area is 452 Å². The maximum absolute atomic E-state index is 7.49. The summed E-state index contributed by atoms with van der Waals surface area (Å²) in [6, 6.07) is 34.5. The molecule has 0 spiro atoms. The van der Waals surface area contributed by atoms with Gasteiger partial charge in [-0.25, -0.2) is 0 Å². The van der Waals surface area contributed by atoms with Gasteiger partial charge in [-0.2, -0.15) is 0 Å². The van der Waals surface area contributed by atoms with Crippen LogP contribution in [-0.2, 0) is 21.7 Å². The largest absolute Gasteiger partial charge is 0.453 e. The Balaban J connectivity index is 1.33.